The molecule has 2 aromatic heterocycles. The average Bonchev–Trinajstić information content (AvgIpc) is 3.23. The molecule has 11 heteroatoms. The van der Waals surface area contributed by atoms with Gasteiger partial charge in [-0.2, -0.15) is 9.29 Å². The van der Waals surface area contributed by atoms with Crippen LogP contribution in [0.25, 0.3) is 0 Å². The number of H-pyrrole nitrogens is 1. The summed E-state index contributed by atoms with van der Waals surface area (Å²) in [5, 5.41) is 9.76. The third kappa shape index (κ3) is 4.40. The van der Waals surface area contributed by atoms with Crippen LogP contribution in [-0.2, 0) is 14.8 Å². The van der Waals surface area contributed by atoms with E-state index in [1.807, 2.05) is 0 Å². The van der Waals surface area contributed by atoms with Crippen molar-refractivity contribution in [3.05, 3.63) is 24.5 Å². The molecule has 0 radical (unpaired) electrons. The smallest absolute Gasteiger partial charge is 0.246 e. The molecule has 2 aromatic rings. The molecule has 0 aromatic carbocycles. The quantitative estimate of drug-likeness (QED) is 0.747. The minimum Gasteiger partial charge on any atom is -0.340 e. The van der Waals surface area contributed by atoms with Crippen molar-refractivity contribution in [2.24, 2.45) is 5.92 Å². The molecule has 2 aliphatic rings. The van der Waals surface area contributed by atoms with Gasteiger partial charge in [-0.1, -0.05) is 0 Å². The van der Waals surface area contributed by atoms with Crippen molar-refractivity contribution in [1.29, 1.82) is 0 Å². The maximum Gasteiger partial charge on any atom is 0.246 e. The van der Waals surface area contributed by atoms with E-state index in [1.165, 1.54) is 29.2 Å². The average molecular weight is 420 g/mol. The van der Waals surface area contributed by atoms with Gasteiger partial charge >= 0.3 is 0 Å². The Kier molecular flexibility index (Phi) is 5.76. The normalized spacial score (nSPS) is 19.2. The summed E-state index contributed by atoms with van der Waals surface area (Å²) in [6.07, 6.45) is 7.26. The Morgan fingerprint density at radius 3 is 2.59 bits per heavy atom. The largest absolute Gasteiger partial charge is 0.340 e. The molecule has 2 saturated heterocycles. The lowest BCUT2D eigenvalue weighted by Gasteiger charge is -2.30. The molecule has 0 bridgehead atoms. The van der Waals surface area contributed by atoms with E-state index < -0.39 is 10.0 Å². The first-order chi connectivity index (χ1) is 14.0. The summed E-state index contributed by atoms with van der Waals surface area (Å²) < 4.78 is 26.7. The summed E-state index contributed by atoms with van der Waals surface area (Å²) in [6.45, 7) is 2.44. The van der Waals surface area contributed by atoms with Crippen LogP contribution in [0.3, 0.4) is 0 Å². The molecule has 0 saturated carbocycles. The lowest BCUT2D eigenvalue weighted by molar-refractivity contribution is -0.121. The molecule has 1 amide bonds. The van der Waals surface area contributed by atoms with E-state index in [0.29, 0.717) is 37.8 Å². The minimum absolute atomic E-state index is 0.162. The van der Waals surface area contributed by atoms with Gasteiger partial charge in [-0.15, -0.1) is 5.10 Å². The molecule has 10 nitrogen and oxygen atoms in total. The molecule has 4 heterocycles. The number of aromatic amines is 1. The lowest BCUT2D eigenvalue weighted by Crippen LogP contribution is -2.41. The number of aromatic nitrogens is 4. The fourth-order valence-electron chi connectivity index (χ4n) is 3.77. The van der Waals surface area contributed by atoms with Gasteiger partial charge in [-0.05, 0) is 44.2 Å². The van der Waals surface area contributed by atoms with E-state index in [9.17, 15) is 13.2 Å². The number of sulfonamides is 1. The summed E-state index contributed by atoms with van der Waals surface area (Å²) in [5.74, 6) is 0.516. The Balaban J connectivity index is 1.32. The third-order valence-corrected chi connectivity index (χ3v) is 7.33. The predicted octanol–water partition coefficient (Wildman–Crippen LogP) is 1.23. The Morgan fingerprint density at radius 2 is 1.90 bits per heavy atom. The van der Waals surface area contributed by atoms with E-state index in [-0.39, 0.29) is 16.7 Å². The van der Waals surface area contributed by atoms with E-state index in [2.05, 4.69) is 30.4 Å². The zero-order chi connectivity index (χ0) is 20.3. The highest BCUT2D eigenvalue weighted by molar-refractivity contribution is 7.89. The van der Waals surface area contributed by atoms with Crippen molar-refractivity contribution in [1.82, 2.24) is 24.5 Å². The van der Waals surface area contributed by atoms with Gasteiger partial charge in [-0.25, -0.2) is 13.5 Å². The Morgan fingerprint density at radius 1 is 1.14 bits per heavy atom. The zero-order valence-corrected chi connectivity index (χ0v) is 16.9. The van der Waals surface area contributed by atoms with Gasteiger partial charge in [0.05, 0.1) is 0 Å². The van der Waals surface area contributed by atoms with Crippen LogP contribution in [0.4, 0.5) is 11.9 Å². The molecular formula is C18H25N7O3S. The molecule has 4 rings (SSSR count). The minimum atomic E-state index is -3.57. The zero-order valence-electron chi connectivity index (χ0n) is 16.1. The molecule has 2 aliphatic heterocycles. The number of rotatable bonds is 5. The molecule has 2 N–H and O–H groups in total. The number of nitrogens with one attached hydrogen (secondary N) is 2. The number of carbonyl (C=O) groups excluding carboxylic acids is 1. The highest BCUT2D eigenvalue weighted by atomic mass is 32.2. The van der Waals surface area contributed by atoms with Crippen molar-refractivity contribution in [3.63, 3.8) is 0 Å². The lowest BCUT2D eigenvalue weighted by atomic mass is 9.97. The van der Waals surface area contributed by atoms with Crippen LogP contribution >= 0.6 is 0 Å². The number of nitrogens with zero attached hydrogens (tertiary/aromatic N) is 5. The number of hydrogen-bond donors (Lipinski definition) is 2. The molecular weight excluding hydrogens is 394 g/mol. The highest BCUT2D eigenvalue weighted by Gasteiger charge is 2.32. The highest BCUT2D eigenvalue weighted by Crippen LogP contribution is 2.24. The van der Waals surface area contributed by atoms with Gasteiger partial charge in [0.25, 0.3) is 0 Å². The van der Waals surface area contributed by atoms with Gasteiger partial charge < -0.3 is 4.90 Å². The van der Waals surface area contributed by atoms with Crippen molar-refractivity contribution in [2.75, 3.05) is 36.4 Å². The van der Waals surface area contributed by atoms with E-state index in [1.54, 1.807) is 6.07 Å². The van der Waals surface area contributed by atoms with Crippen molar-refractivity contribution in [2.45, 2.75) is 37.0 Å². The molecule has 0 aliphatic carbocycles. The summed E-state index contributed by atoms with van der Waals surface area (Å²) in [4.78, 5) is 23.1. The molecule has 29 heavy (non-hydrogen) atoms. The van der Waals surface area contributed by atoms with Crippen LogP contribution < -0.4 is 10.2 Å². The second-order valence-corrected chi connectivity index (χ2v) is 9.33. The number of carbonyl (C=O) groups is 1. The van der Waals surface area contributed by atoms with Gasteiger partial charge in [0.2, 0.25) is 27.8 Å². The van der Waals surface area contributed by atoms with Crippen LogP contribution in [0.2, 0.25) is 0 Å². The SMILES string of the molecule is O=C(Nc1nc(N2CCCCC2)n[nH]1)C1CCN(S(=O)(=O)c2cccnc2)CC1. The maximum atomic E-state index is 12.7. The first-order valence-corrected chi connectivity index (χ1v) is 11.4. The van der Waals surface area contributed by atoms with Crippen LogP contribution in [0, 0.1) is 5.92 Å². The number of amides is 1. The third-order valence-electron chi connectivity index (χ3n) is 5.45. The van der Waals surface area contributed by atoms with Crippen molar-refractivity contribution in [3.8, 4) is 0 Å². The molecule has 0 unspecified atom stereocenters. The van der Waals surface area contributed by atoms with Crippen LogP contribution in [0.15, 0.2) is 29.4 Å². The summed E-state index contributed by atoms with van der Waals surface area (Å²) in [5.41, 5.74) is 0. The second-order valence-electron chi connectivity index (χ2n) is 7.39. The summed E-state index contributed by atoms with van der Waals surface area (Å²) in [7, 11) is -3.57. The number of hydrogen-bond acceptors (Lipinski definition) is 7. The topological polar surface area (TPSA) is 124 Å². The van der Waals surface area contributed by atoms with E-state index in [0.717, 1.165) is 25.9 Å². The van der Waals surface area contributed by atoms with E-state index >= 15 is 0 Å². The number of pyridine rings is 1. The fraction of sp³-hybridized carbons (Fsp3) is 0.556. The Hall–Kier alpha value is -2.53. The summed E-state index contributed by atoms with van der Waals surface area (Å²) >= 11 is 0. The number of anilines is 2. The monoisotopic (exact) mass is 419 g/mol. The maximum absolute atomic E-state index is 12.7. The fourth-order valence-corrected chi connectivity index (χ4v) is 5.20. The second kappa shape index (κ2) is 8.46. The van der Waals surface area contributed by atoms with Crippen LogP contribution in [-0.4, -0.2) is 65.0 Å². The van der Waals surface area contributed by atoms with Gasteiger partial charge in [-0.3, -0.25) is 15.1 Å². The Labute approximate surface area is 169 Å². The van der Waals surface area contributed by atoms with E-state index in [4.69, 9.17) is 0 Å². The van der Waals surface area contributed by atoms with Crippen LogP contribution in [0.5, 0.6) is 0 Å². The molecule has 0 atom stereocenters. The first kappa shape index (κ1) is 19.8. The standard InChI is InChI=1S/C18H25N7O3S/c26-16(20-17-21-18(23-22-17)24-9-2-1-3-10-24)14-6-11-25(12-7-14)29(27,28)15-5-4-8-19-13-15/h4-5,8,13-14H,1-3,6-7,9-12H2,(H2,20,21,22,23,26). The Bertz CT molecular complexity index is 933. The number of piperidine rings is 2. The van der Waals surface area contributed by atoms with Gasteiger partial charge in [0, 0.05) is 44.5 Å². The predicted molar refractivity (Wildman–Crippen MR) is 107 cm³/mol. The summed E-state index contributed by atoms with van der Waals surface area (Å²) in [6, 6.07) is 3.13. The van der Waals surface area contributed by atoms with Crippen molar-refractivity contribution >= 4 is 27.8 Å². The van der Waals surface area contributed by atoms with Gasteiger partial charge in [0.15, 0.2) is 0 Å². The first-order valence-electron chi connectivity index (χ1n) is 9.92. The van der Waals surface area contributed by atoms with Gasteiger partial charge in [0.1, 0.15) is 4.90 Å². The van der Waals surface area contributed by atoms with Crippen LogP contribution in [0.1, 0.15) is 32.1 Å². The molecule has 156 valence electrons. The molecule has 2 fully saturated rings. The van der Waals surface area contributed by atoms with Crippen molar-refractivity contribution < 1.29 is 13.2 Å². The molecule has 0 spiro atoms.